The second kappa shape index (κ2) is 3.64. The largest absolute Gasteiger partial charge is 0.364 e. The maximum absolute atomic E-state index is 11.5. The second-order valence-corrected chi connectivity index (χ2v) is 3.58. The number of rotatable bonds is 2. The normalized spacial score (nSPS) is 14.7. The van der Waals surface area contributed by atoms with Crippen LogP contribution in [-0.2, 0) is 9.53 Å². The van der Waals surface area contributed by atoms with Crippen molar-refractivity contribution < 1.29 is 14.3 Å². The Bertz CT molecular complexity index is 444. The SMILES string of the molecule is COCN1C(=O)C(=O)c2ccc(Cl)cc21. The van der Waals surface area contributed by atoms with Gasteiger partial charge in [0.2, 0.25) is 0 Å². The Labute approximate surface area is 91.4 Å². The molecule has 78 valence electrons. The number of carbonyl (C=O) groups is 2. The molecule has 1 aliphatic rings. The minimum Gasteiger partial charge on any atom is -0.364 e. The Morgan fingerprint density at radius 3 is 2.80 bits per heavy atom. The first kappa shape index (κ1) is 10.1. The number of methoxy groups -OCH3 is 1. The molecular weight excluding hydrogens is 218 g/mol. The summed E-state index contributed by atoms with van der Waals surface area (Å²) in [4.78, 5) is 24.3. The van der Waals surface area contributed by atoms with Crippen molar-refractivity contribution in [3.05, 3.63) is 28.8 Å². The zero-order chi connectivity index (χ0) is 11.0. The van der Waals surface area contributed by atoms with E-state index >= 15 is 0 Å². The van der Waals surface area contributed by atoms with Crippen LogP contribution < -0.4 is 4.90 Å². The molecule has 0 bridgehead atoms. The molecule has 5 heteroatoms. The van der Waals surface area contributed by atoms with Gasteiger partial charge in [-0.05, 0) is 18.2 Å². The Hall–Kier alpha value is -1.39. The van der Waals surface area contributed by atoms with Gasteiger partial charge in [-0.25, -0.2) is 0 Å². The fourth-order valence-corrected chi connectivity index (χ4v) is 1.69. The number of Topliss-reactive ketones (excluding diaryl/α,β-unsaturated/α-hetero) is 1. The van der Waals surface area contributed by atoms with Crippen molar-refractivity contribution >= 4 is 29.0 Å². The summed E-state index contributed by atoms with van der Waals surface area (Å²) in [6.07, 6.45) is 0. The third kappa shape index (κ3) is 1.52. The minimum absolute atomic E-state index is 0.0535. The number of carbonyl (C=O) groups excluding carboxylic acids is 2. The quantitative estimate of drug-likeness (QED) is 0.717. The van der Waals surface area contributed by atoms with Gasteiger partial charge in [0, 0.05) is 12.1 Å². The molecule has 0 N–H and O–H groups in total. The molecular formula is C10H8ClNO3. The van der Waals surface area contributed by atoms with Crippen molar-refractivity contribution in [2.75, 3.05) is 18.7 Å². The molecule has 0 atom stereocenters. The topological polar surface area (TPSA) is 46.6 Å². The van der Waals surface area contributed by atoms with Gasteiger partial charge in [0.25, 0.3) is 5.78 Å². The maximum atomic E-state index is 11.5. The van der Waals surface area contributed by atoms with Crippen LogP contribution in [0.3, 0.4) is 0 Å². The van der Waals surface area contributed by atoms with Gasteiger partial charge in [-0.2, -0.15) is 0 Å². The van der Waals surface area contributed by atoms with Crippen molar-refractivity contribution in [1.29, 1.82) is 0 Å². The molecule has 0 saturated carbocycles. The highest BCUT2D eigenvalue weighted by atomic mass is 35.5. The molecule has 1 aromatic rings. The summed E-state index contributed by atoms with van der Waals surface area (Å²) in [5, 5.41) is 0.484. The summed E-state index contributed by atoms with van der Waals surface area (Å²) >= 11 is 5.79. The third-order valence-electron chi connectivity index (χ3n) is 2.19. The van der Waals surface area contributed by atoms with Gasteiger partial charge in [-0.15, -0.1) is 0 Å². The number of anilines is 1. The Morgan fingerprint density at radius 2 is 2.13 bits per heavy atom. The van der Waals surface area contributed by atoms with Crippen LogP contribution >= 0.6 is 11.6 Å². The molecule has 0 aromatic heterocycles. The van der Waals surface area contributed by atoms with Crippen LogP contribution in [0.1, 0.15) is 10.4 Å². The molecule has 1 amide bonds. The molecule has 0 aliphatic carbocycles. The number of nitrogens with zero attached hydrogens (tertiary/aromatic N) is 1. The van der Waals surface area contributed by atoms with Gasteiger partial charge in [-0.1, -0.05) is 11.6 Å². The van der Waals surface area contributed by atoms with E-state index in [-0.39, 0.29) is 6.73 Å². The van der Waals surface area contributed by atoms with E-state index in [4.69, 9.17) is 16.3 Å². The molecule has 1 heterocycles. The first-order chi connectivity index (χ1) is 7.15. The van der Waals surface area contributed by atoms with Gasteiger partial charge in [0.1, 0.15) is 6.73 Å². The standard InChI is InChI=1S/C10H8ClNO3/c1-15-5-12-8-4-6(11)2-3-7(8)9(13)10(12)14/h2-4H,5H2,1H3. The first-order valence-corrected chi connectivity index (χ1v) is 4.67. The Balaban J connectivity index is 2.51. The zero-order valence-corrected chi connectivity index (χ0v) is 8.75. The minimum atomic E-state index is -0.575. The van der Waals surface area contributed by atoms with Crippen LogP contribution in [-0.4, -0.2) is 25.5 Å². The molecule has 15 heavy (non-hydrogen) atoms. The number of amides is 1. The van der Waals surface area contributed by atoms with Gasteiger partial charge < -0.3 is 4.74 Å². The summed E-state index contributed by atoms with van der Waals surface area (Å²) in [7, 11) is 1.46. The second-order valence-electron chi connectivity index (χ2n) is 3.14. The van der Waals surface area contributed by atoms with Gasteiger partial charge in [-0.3, -0.25) is 14.5 Å². The number of ketones is 1. The summed E-state index contributed by atoms with van der Waals surface area (Å²) in [6, 6.07) is 4.72. The molecule has 0 fully saturated rings. The molecule has 2 rings (SSSR count). The van der Waals surface area contributed by atoms with E-state index < -0.39 is 11.7 Å². The number of hydrogen-bond donors (Lipinski definition) is 0. The lowest BCUT2D eigenvalue weighted by Crippen LogP contribution is -2.31. The van der Waals surface area contributed by atoms with Crippen molar-refractivity contribution in [2.24, 2.45) is 0 Å². The predicted octanol–water partition coefficient (Wildman–Crippen LogP) is 1.47. The lowest BCUT2D eigenvalue weighted by Gasteiger charge is -2.14. The van der Waals surface area contributed by atoms with Gasteiger partial charge in [0.05, 0.1) is 11.3 Å². The summed E-state index contributed by atoms with van der Waals surface area (Å²) < 4.78 is 4.85. The van der Waals surface area contributed by atoms with Gasteiger partial charge in [0.15, 0.2) is 0 Å². The van der Waals surface area contributed by atoms with Crippen LogP contribution in [0.4, 0.5) is 5.69 Å². The summed E-state index contributed by atoms with van der Waals surface area (Å²) in [6.45, 7) is 0.0535. The molecule has 0 spiro atoms. The van der Waals surface area contributed by atoms with E-state index in [0.717, 1.165) is 0 Å². The van der Waals surface area contributed by atoms with Crippen LogP contribution in [0.2, 0.25) is 5.02 Å². The third-order valence-corrected chi connectivity index (χ3v) is 2.43. The maximum Gasteiger partial charge on any atom is 0.301 e. The van der Waals surface area contributed by atoms with Crippen molar-refractivity contribution in [2.45, 2.75) is 0 Å². The monoisotopic (exact) mass is 225 g/mol. The number of fused-ring (bicyclic) bond motifs is 1. The number of ether oxygens (including phenoxy) is 1. The fourth-order valence-electron chi connectivity index (χ4n) is 1.52. The summed E-state index contributed by atoms with van der Waals surface area (Å²) in [5.41, 5.74) is 0.890. The predicted molar refractivity (Wildman–Crippen MR) is 55.1 cm³/mol. The van der Waals surface area contributed by atoms with Crippen LogP contribution in [0.25, 0.3) is 0 Å². The highest BCUT2D eigenvalue weighted by Gasteiger charge is 2.35. The van der Waals surface area contributed by atoms with E-state index in [1.807, 2.05) is 0 Å². The summed E-state index contributed by atoms with van der Waals surface area (Å²) in [5.74, 6) is -1.09. The van der Waals surface area contributed by atoms with E-state index in [1.165, 1.54) is 12.0 Å². The average Bonchev–Trinajstić information content (AvgIpc) is 2.44. The van der Waals surface area contributed by atoms with Crippen molar-refractivity contribution in [3.63, 3.8) is 0 Å². The molecule has 4 nitrogen and oxygen atoms in total. The average molecular weight is 226 g/mol. The number of halogens is 1. The van der Waals surface area contributed by atoms with Gasteiger partial charge >= 0.3 is 5.91 Å². The Morgan fingerprint density at radius 1 is 1.40 bits per heavy atom. The van der Waals surface area contributed by atoms with Crippen molar-refractivity contribution in [1.82, 2.24) is 0 Å². The number of hydrogen-bond acceptors (Lipinski definition) is 3. The molecule has 1 aliphatic heterocycles. The Kier molecular flexibility index (Phi) is 2.46. The van der Waals surface area contributed by atoms with E-state index in [1.54, 1.807) is 18.2 Å². The lowest BCUT2D eigenvalue weighted by atomic mass is 10.1. The molecule has 0 radical (unpaired) electrons. The van der Waals surface area contributed by atoms with Crippen LogP contribution in [0.15, 0.2) is 18.2 Å². The van der Waals surface area contributed by atoms with E-state index in [0.29, 0.717) is 16.3 Å². The van der Waals surface area contributed by atoms with E-state index in [9.17, 15) is 9.59 Å². The number of benzene rings is 1. The molecule has 1 aromatic carbocycles. The fraction of sp³-hybridized carbons (Fsp3) is 0.200. The smallest absolute Gasteiger partial charge is 0.301 e. The first-order valence-electron chi connectivity index (χ1n) is 4.30. The van der Waals surface area contributed by atoms with Crippen molar-refractivity contribution in [3.8, 4) is 0 Å². The molecule has 0 saturated heterocycles. The van der Waals surface area contributed by atoms with Crippen LogP contribution in [0, 0.1) is 0 Å². The molecule has 0 unspecified atom stereocenters. The highest BCUT2D eigenvalue weighted by molar-refractivity contribution is 6.52. The highest BCUT2D eigenvalue weighted by Crippen LogP contribution is 2.31. The van der Waals surface area contributed by atoms with E-state index in [2.05, 4.69) is 0 Å². The zero-order valence-electron chi connectivity index (χ0n) is 7.99. The lowest BCUT2D eigenvalue weighted by molar-refractivity contribution is -0.115. The van der Waals surface area contributed by atoms with Crippen LogP contribution in [0.5, 0.6) is 0 Å².